The fraction of sp³-hybridized carbons (Fsp3) is 0.476. The summed E-state index contributed by atoms with van der Waals surface area (Å²) >= 11 is 0. The van der Waals surface area contributed by atoms with Crippen molar-refractivity contribution in [1.82, 2.24) is 4.90 Å². The van der Waals surface area contributed by atoms with Gasteiger partial charge < -0.3 is 14.1 Å². The van der Waals surface area contributed by atoms with Crippen molar-refractivity contribution in [3.05, 3.63) is 54.0 Å². The maximum absolute atomic E-state index is 13.1. The molecule has 2 aromatic rings. The minimum absolute atomic E-state index is 0.00191. The predicted octanol–water partition coefficient (Wildman–Crippen LogP) is 3.68. The molecule has 1 aliphatic heterocycles. The molecule has 0 spiro atoms. The molecule has 1 atom stereocenters. The van der Waals surface area contributed by atoms with Crippen molar-refractivity contribution in [3.8, 4) is 5.75 Å². The van der Waals surface area contributed by atoms with Crippen molar-refractivity contribution in [2.45, 2.75) is 45.2 Å². The van der Waals surface area contributed by atoms with Gasteiger partial charge in [0.15, 0.2) is 9.84 Å². The van der Waals surface area contributed by atoms with E-state index in [4.69, 9.17) is 9.15 Å². The lowest BCUT2D eigenvalue weighted by atomic mass is 10.1. The van der Waals surface area contributed by atoms with E-state index in [1.165, 1.54) is 0 Å². The summed E-state index contributed by atoms with van der Waals surface area (Å²) in [7, 11) is -3.10. The van der Waals surface area contributed by atoms with Crippen molar-refractivity contribution in [3.63, 3.8) is 0 Å². The summed E-state index contributed by atoms with van der Waals surface area (Å²) in [5.41, 5.74) is 0.511. The lowest BCUT2D eigenvalue weighted by Crippen LogP contribution is -2.40. The van der Waals surface area contributed by atoms with Crippen molar-refractivity contribution >= 4 is 15.7 Å². The molecule has 1 aliphatic rings. The largest absolute Gasteiger partial charge is 0.494 e. The van der Waals surface area contributed by atoms with Gasteiger partial charge in [-0.05, 0) is 49.2 Å². The summed E-state index contributed by atoms with van der Waals surface area (Å²) in [6.45, 7) is 3.05. The average Bonchev–Trinajstić information content (AvgIpc) is 3.32. The van der Waals surface area contributed by atoms with Gasteiger partial charge in [-0.1, -0.05) is 19.8 Å². The highest BCUT2D eigenvalue weighted by molar-refractivity contribution is 7.91. The van der Waals surface area contributed by atoms with Crippen molar-refractivity contribution in [1.29, 1.82) is 0 Å². The quantitative estimate of drug-likeness (QED) is 0.595. The molecule has 0 saturated carbocycles. The Morgan fingerprint density at radius 1 is 1.21 bits per heavy atom. The van der Waals surface area contributed by atoms with Gasteiger partial charge in [0.2, 0.25) is 0 Å². The molecule has 152 valence electrons. The zero-order valence-electron chi connectivity index (χ0n) is 16.2. The first-order valence-corrected chi connectivity index (χ1v) is 11.6. The fourth-order valence-corrected chi connectivity index (χ4v) is 5.09. The SMILES string of the molecule is CCCCCOc1ccc(C(=O)N(Cc2ccco2)[C@@H]2CCS(=O)(=O)C2)cc1. The molecule has 1 aromatic heterocycles. The van der Waals surface area contributed by atoms with E-state index in [1.54, 1.807) is 47.6 Å². The maximum Gasteiger partial charge on any atom is 0.254 e. The molecule has 1 amide bonds. The van der Waals surface area contributed by atoms with Crippen LogP contribution in [-0.4, -0.2) is 43.4 Å². The number of amides is 1. The Kier molecular flexibility index (Phi) is 6.78. The summed E-state index contributed by atoms with van der Waals surface area (Å²) < 4.78 is 34.9. The van der Waals surface area contributed by atoms with E-state index in [9.17, 15) is 13.2 Å². The average molecular weight is 406 g/mol. The number of hydrogen-bond acceptors (Lipinski definition) is 5. The molecule has 7 heteroatoms. The monoisotopic (exact) mass is 405 g/mol. The molecule has 3 rings (SSSR count). The number of carbonyl (C=O) groups is 1. The van der Waals surface area contributed by atoms with Gasteiger partial charge in [-0.15, -0.1) is 0 Å². The van der Waals surface area contributed by atoms with Crippen LogP contribution in [0.2, 0.25) is 0 Å². The molecule has 0 unspecified atom stereocenters. The van der Waals surface area contributed by atoms with Crippen molar-refractivity contribution in [2.24, 2.45) is 0 Å². The predicted molar refractivity (Wildman–Crippen MR) is 107 cm³/mol. The van der Waals surface area contributed by atoms with Gasteiger partial charge in [-0.25, -0.2) is 8.42 Å². The number of nitrogens with zero attached hydrogens (tertiary/aromatic N) is 1. The Morgan fingerprint density at radius 2 is 2.00 bits per heavy atom. The van der Waals surface area contributed by atoms with E-state index in [0.29, 0.717) is 24.4 Å². The highest BCUT2D eigenvalue weighted by Gasteiger charge is 2.35. The lowest BCUT2D eigenvalue weighted by Gasteiger charge is -2.27. The third kappa shape index (κ3) is 5.38. The Balaban J connectivity index is 1.71. The molecule has 1 aromatic carbocycles. The Morgan fingerprint density at radius 3 is 2.61 bits per heavy atom. The van der Waals surface area contributed by atoms with E-state index in [-0.39, 0.29) is 30.0 Å². The first-order valence-electron chi connectivity index (χ1n) is 9.75. The normalized spacial score (nSPS) is 18.1. The number of hydrogen-bond donors (Lipinski definition) is 0. The van der Waals surface area contributed by atoms with Crippen LogP contribution in [0.25, 0.3) is 0 Å². The van der Waals surface area contributed by atoms with Crippen LogP contribution in [0.15, 0.2) is 47.1 Å². The van der Waals surface area contributed by atoms with Gasteiger partial charge >= 0.3 is 0 Å². The summed E-state index contributed by atoms with van der Waals surface area (Å²) in [5, 5.41) is 0. The minimum Gasteiger partial charge on any atom is -0.494 e. The lowest BCUT2D eigenvalue weighted by molar-refractivity contribution is 0.0666. The van der Waals surface area contributed by atoms with E-state index < -0.39 is 9.84 Å². The summed E-state index contributed by atoms with van der Waals surface area (Å²) in [6.07, 6.45) is 5.27. The van der Waals surface area contributed by atoms with Crippen LogP contribution in [0.1, 0.15) is 48.7 Å². The number of carbonyl (C=O) groups excluding carboxylic acids is 1. The number of sulfone groups is 1. The second kappa shape index (κ2) is 9.28. The van der Waals surface area contributed by atoms with Gasteiger partial charge in [-0.3, -0.25) is 4.79 Å². The number of ether oxygens (including phenoxy) is 1. The minimum atomic E-state index is -3.10. The second-order valence-electron chi connectivity index (χ2n) is 7.15. The van der Waals surface area contributed by atoms with Gasteiger partial charge in [0.25, 0.3) is 5.91 Å². The van der Waals surface area contributed by atoms with Gasteiger partial charge in [-0.2, -0.15) is 0 Å². The standard InChI is InChI=1S/C21H27NO5S/c1-2-3-4-12-26-19-9-7-17(8-10-19)21(23)22(15-20-6-5-13-27-20)18-11-14-28(24,25)16-18/h5-10,13,18H,2-4,11-12,14-16H2,1H3/t18-/m1/s1. The van der Waals surface area contributed by atoms with Crippen LogP contribution in [0, 0.1) is 0 Å². The fourth-order valence-electron chi connectivity index (χ4n) is 3.36. The summed E-state index contributed by atoms with van der Waals surface area (Å²) in [5.74, 6) is 1.28. The van der Waals surface area contributed by atoms with E-state index >= 15 is 0 Å². The van der Waals surface area contributed by atoms with Crippen LogP contribution in [0.3, 0.4) is 0 Å². The summed E-state index contributed by atoms with van der Waals surface area (Å²) in [6, 6.07) is 10.2. The van der Waals surface area contributed by atoms with Crippen LogP contribution in [-0.2, 0) is 16.4 Å². The molecular weight excluding hydrogens is 378 g/mol. The molecule has 1 fully saturated rings. The highest BCUT2D eigenvalue weighted by Crippen LogP contribution is 2.23. The topological polar surface area (TPSA) is 76.8 Å². The first kappa shape index (κ1) is 20.5. The third-order valence-electron chi connectivity index (χ3n) is 4.93. The van der Waals surface area contributed by atoms with Crippen molar-refractivity contribution in [2.75, 3.05) is 18.1 Å². The molecule has 0 aliphatic carbocycles. The summed E-state index contributed by atoms with van der Waals surface area (Å²) in [4.78, 5) is 14.7. The van der Waals surface area contributed by atoms with E-state index in [0.717, 1.165) is 25.0 Å². The smallest absolute Gasteiger partial charge is 0.254 e. The molecule has 0 bridgehead atoms. The number of rotatable bonds is 9. The zero-order chi connectivity index (χ0) is 20.0. The Labute approximate surface area is 166 Å². The molecule has 0 N–H and O–H groups in total. The molecule has 2 heterocycles. The maximum atomic E-state index is 13.1. The Bertz CT molecular complexity index is 859. The second-order valence-corrected chi connectivity index (χ2v) is 9.38. The highest BCUT2D eigenvalue weighted by atomic mass is 32.2. The molecule has 6 nitrogen and oxygen atoms in total. The van der Waals surface area contributed by atoms with Crippen LogP contribution < -0.4 is 4.74 Å². The third-order valence-corrected chi connectivity index (χ3v) is 6.68. The molecular formula is C21H27NO5S. The van der Waals surface area contributed by atoms with Gasteiger partial charge in [0.05, 0.1) is 30.9 Å². The first-order chi connectivity index (χ1) is 13.5. The Hall–Kier alpha value is -2.28. The number of benzene rings is 1. The molecule has 1 saturated heterocycles. The van der Waals surface area contributed by atoms with Crippen LogP contribution in [0.5, 0.6) is 5.75 Å². The van der Waals surface area contributed by atoms with E-state index in [2.05, 4.69) is 6.92 Å². The van der Waals surface area contributed by atoms with Gasteiger partial charge in [0.1, 0.15) is 11.5 Å². The number of unbranched alkanes of at least 4 members (excludes halogenated alkanes) is 2. The molecule has 0 radical (unpaired) electrons. The molecule has 28 heavy (non-hydrogen) atoms. The zero-order valence-corrected chi connectivity index (χ0v) is 17.0. The van der Waals surface area contributed by atoms with Crippen LogP contribution >= 0.6 is 0 Å². The number of furan rings is 1. The van der Waals surface area contributed by atoms with Gasteiger partial charge in [0, 0.05) is 11.6 Å². The van der Waals surface area contributed by atoms with E-state index in [1.807, 2.05) is 0 Å². The van der Waals surface area contributed by atoms with Crippen LogP contribution in [0.4, 0.5) is 0 Å². The van der Waals surface area contributed by atoms with Crippen molar-refractivity contribution < 1.29 is 22.4 Å².